The molecule has 2 aliphatic rings. The molecule has 20 heavy (non-hydrogen) atoms. The second-order valence-corrected chi connectivity index (χ2v) is 8.05. The molecule has 1 N–H and O–H groups in total. The zero-order valence-electron chi connectivity index (χ0n) is 12.8. The van der Waals surface area contributed by atoms with Gasteiger partial charge in [-0.25, -0.2) is 0 Å². The summed E-state index contributed by atoms with van der Waals surface area (Å²) >= 11 is 2.06. The van der Waals surface area contributed by atoms with Crippen molar-refractivity contribution in [3.63, 3.8) is 0 Å². The van der Waals surface area contributed by atoms with Crippen LogP contribution >= 0.6 is 11.8 Å². The van der Waals surface area contributed by atoms with E-state index in [1.807, 2.05) is 0 Å². The number of hydrogen-bond acceptors (Lipinski definition) is 2. The van der Waals surface area contributed by atoms with Gasteiger partial charge < -0.3 is 5.32 Å². The normalized spacial score (nSPS) is 24.2. The van der Waals surface area contributed by atoms with Gasteiger partial charge in [0, 0.05) is 23.2 Å². The van der Waals surface area contributed by atoms with Gasteiger partial charge in [0.15, 0.2) is 0 Å². The monoisotopic (exact) mass is 289 g/mol. The molecular weight excluding hydrogens is 262 g/mol. The number of rotatable bonds is 5. The number of benzene rings is 1. The summed E-state index contributed by atoms with van der Waals surface area (Å²) in [5.41, 5.74) is 2.18. The molecule has 1 unspecified atom stereocenters. The van der Waals surface area contributed by atoms with E-state index in [-0.39, 0.29) is 0 Å². The summed E-state index contributed by atoms with van der Waals surface area (Å²) in [6.07, 6.45) is 7.10. The Hall–Kier alpha value is -0.470. The van der Waals surface area contributed by atoms with Crippen LogP contribution in [-0.2, 0) is 0 Å². The van der Waals surface area contributed by atoms with Crippen molar-refractivity contribution < 1.29 is 0 Å². The SMILES string of the molecule is CC(C)NCC1(CC2CSc3ccccc32)CCCC1. The predicted octanol–water partition coefficient (Wildman–Crippen LogP) is 4.82. The van der Waals surface area contributed by atoms with Crippen LogP contribution in [0.25, 0.3) is 0 Å². The molecule has 1 aliphatic carbocycles. The van der Waals surface area contributed by atoms with E-state index in [9.17, 15) is 0 Å². The smallest absolute Gasteiger partial charge is 0.0107 e. The summed E-state index contributed by atoms with van der Waals surface area (Å²) in [5.74, 6) is 2.08. The molecule has 0 amide bonds. The molecule has 1 aromatic carbocycles. The van der Waals surface area contributed by atoms with E-state index in [0.29, 0.717) is 11.5 Å². The van der Waals surface area contributed by atoms with Crippen LogP contribution in [0, 0.1) is 5.41 Å². The highest BCUT2D eigenvalue weighted by atomic mass is 32.2. The predicted molar refractivity (Wildman–Crippen MR) is 88.6 cm³/mol. The molecule has 1 heterocycles. The van der Waals surface area contributed by atoms with E-state index in [2.05, 4.69) is 55.2 Å². The van der Waals surface area contributed by atoms with Crippen LogP contribution in [0.3, 0.4) is 0 Å². The highest BCUT2D eigenvalue weighted by molar-refractivity contribution is 7.99. The average Bonchev–Trinajstić information content (AvgIpc) is 3.06. The minimum absolute atomic E-state index is 0.562. The summed E-state index contributed by atoms with van der Waals surface area (Å²) in [5, 5.41) is 3.72. The summed E-state index contributed by atoms with van der Waals surface area (Å²) in [7, 11) is 0. The lowest BCUT2D eigenvalue weighted by Crippen LogP contribution is -2.37. The Morgan fingerprint density at radius 1 is 1.25 bits per heavy atom. The number of nitrogens with one attached hydrogen (secondary N) is 1. The maximum absolute atomic E-state index is 3.72. The minimum Gasteiger partial charge on any atom is -0.314 e. The zero-order valence-corrected chi connectivity index (χ0v) is 13.6. The van der Waals surface area contributed by atoms with Crippen molar-refractivity contribution in [2.24, 2.45) is 5.41 Å². The third kappa shape index (κ3) is 3.07. The summed E-state index contributed by atoms with van der Waals surface area (Å²) in [6.45, 7) is 5.75. The van der Waals surface area contributed by atoms with Crippen LogP contribution in [0.1, 0.15) is 57.4 Å². The van der Waals surface area contributed by atoms with Crippen LogP contribution in [0.2, 0.25) is 0 Å². The molecule has 0 aromatic heterocycles. The maximum atomic E-state index is 3.72. The van der Waals surface area contributed by atoms with E-state index in [0.717, 1.165) is 5.92 Å². The first kappa shape index (κ1) is 14.5. The Morgan fingerprint density at radius 2 is 2.00 bits per heavy atom. The molecule has 3 rings (SSSR count). The standard InChI is InChI=1S/C18H27NS/c1-14(2)19-13-18(9-5-6-10-18)11-15-12-20-17-8-4-3-7-16(15)17/h3-4,7-8,14-15,19H,5-6,9-13H2,1-2H3. The number of hydrogen-bond donors (Lipinski definition) is 1. The molecule has 2 heteroatoms. The maximum Gasteiger partial charge on any atom is 0.0107 e. The van der Waals surface area contributed by atoms with Crippen molar-refractivity contribution in [1.82, 2.24) is 5.32 Å². The largest absolute Gasteiger partial charge is 0.314 e. The van der Waals surface area contributed by atoms with E-state index in [1.165, 1.54) is 49.3 Å². The molecule has 1 saturated carbocycles. The quantitative estimate of drug-likeness (QED) is 0.833. The van der Waals surface area contributed by atoms with Gasteiger partial charge in [-0.2, -0.15) is 0 Å². The third-order valence-electron chi connectivity index (χ3n) is 5.03. The van der Waals surface area contributed by atoms with Crippen LogP contribution < -0.4 is 5.32 Å². The topological polar surface area (TPSA) is 12.0 Å². The van der Waals surface area contributed by atoms with Crippen molar-refractivity contribution >= 4 is 11.8 Å². The van der Waals surface area contributed by atoms with Crippen LogP contribution in [-0.4, -0.2) is 18.3 Å². The summed E-state index contributed by atoms with van der Waals surface area (Å²) in [4.78, 5) is 1.53. The minimum atomic E-state index is 0.562. The Labute approximate surface area is 127 Å². The van der Waals surface area contributed by atoms with Gasteiger partial charge in [-0.15, -0.1) is 11.8 Å². The molecule has 1 atom stereocenters. The Morgan fingerprint density at radius 3 is 2.75 bits per heavy atom. The molecule has 0 bridgehead atoms. The molecule has 110 valence electrons. The van der Waals surface area contributed by atoms with Gasteiger partial charge in [0.1, 0.15) is 0 Å². The van der Waals surface area contributed by atoms with Gasteiger partial charge >= 0.3 is 0 Å². The lowest BCUT2D eigenvalue weighted by molar-refractivity contribution is 0.236. The van der Waals surface area contributed by atoms with Gasteiger partial charge in [-0.3, -0.25) is 0 Å². The van der Waals surface area contributed by atoms with Gasteiger partial charge in [-0.1, -0.05) is 44.9 Å². The molecular formula is C18H27NS. The molecule has 1 nitrogen and oxygen atoms in total. The lowest BCUT2D eigenvalue weighted by Gasteiger charge is -2.33. The number of fused-ring (bicyclic) bond motifs is 1. The average molecular weight is 289 g/mol. The molecule has 0 saturated heterocycles. The van der Waals surface area contributed by atoms with E-state index in [1.54, 1.807) is 5.56 Å². The third-order valence-corrected chi connectivity index (χ3v) is 6.28. The Bertz CT molecular complexity index is 448. The lowest BCUT2D eigenvalue weighted by atomic mass is 9.76. The van der Waals surface area contributed by atoms with E-state index in [4.69, 9.17) is 0 Å². The molecule has 1 aromatic rings. The fraction of sp³-hybridized carbons (Fsp3) is 0.667. The van der Waals surface area contributed by atoms with Crippen LogP contribution in [0.15, 0.2) is 29.2 Å². The summed E-state index contributed by atoms with van der Waals surface area (Å²) in [6, 6.07) is 9.66. The van der Waals surface area contributed by atoms with E-state index < -0.39 is 0 Å². The highest BCUT2D eigenvalue weighted by Gasteiger charge is 2.38. The molecule has 1 fully saturated rings. The van der Waals surface area contributed by atoms with Gasteiger partial charge in [0.2, 0.25) is 0 Å². The molecule has 0 spiro atoms. The molecule has 0 radical (unpaired) electrons. The second-order valence-electron chi connectivity index (χ2n) is 6.99. The fourth-order valence-corrected chi connectivity index (χ4v) is 5.17. The Kier molecular flexibility index (Phi) is 4.42. The van der Waals surface area contributed by atoms with Gasteiger partial charge in [0.05, 0.1) is 0 Å². The van der Waals surface area contributed by atoms with Crippen LogP contribution in [0.4, 0.5) is 0 Å². The van der Waals surface area contributed by atoms with Crippen molar-refractivity contribution in [2.45, 2.75) is 62.8 Å². The van der Waals surface area contributed by atoms with Gasteiger partial charge in [0.25, 0.3) is 0 Å². The summed E-state index contributed by atoms with van der Waals surface area (Å²) < 4.78 is 0. The van der Waals surface area contributed by atoms with Crippen molar-refractivity contribution in [3.8, 4) is 0 Å². The van der Waals surface area contributed by atoms with Crippen molar-refractivity contribution in [2.75, 3.05) is 12.3 Å². The van der Waals surface area contributed by atoms with Crippen LogP contribution in [0.5, 0.6) is 0 Å². The Balaban J connectivity index is 1.71. The number of thioether (sulfide) groups is 1. The first-order valence-corrected chi connectivity index (χ1v) is 9.12. The van der Waals surface area contributed by atoms with Crippen molar-refractivity contribution in [1.29, 1.82) is 0 Å². The first-order chi connectivity index (χ1) is 9.69. The first-order valence-electron chi connectivity index (χ1n) is 8.14. The van der Waals surface area contributed by atoms with E-state index >= 15 is 0 Å². The fourth-order valence-electron chi connectivity index (χ4n) is 3.92. The zero-order chi connectivity index (χ0) is 14.0. The second kappa shape index (κ2) is 6.11. The highest BCUT2D eigenvalue weighted by Crippen LogP contribution is 2.50. The van der Waals surface area contributed by atoms with Crippen molar-refractivity contribution in [3.05, 3.63) is 29.8 Å². The molecule has 1 aliphatic heterocycles. The van der Waals surface area contributed by atoms with Gasteiger partial charge in [-0.05, 0) is 42.2 Å².